The second-order valence-corrected chi connectivity index (χ2v) is 11.2. The highest BCUT2D eigenvalue weighted by atomic mass is 32.2. The number of benzene rings is 1. The molecule has 0 spiro atoms. The lowest BCUT2D eigenvalue weighted by Gasteiger charge is -2.31. The van der Waals surface area contributed by atoms with Gasteiger partial charge in [-0.25, -0.2) is 14.2 Å². The molecule has 3 aromatic rings. The number of carbonyl (C=O) groups excluding carboxylic acids is 1. The van der Waals surface area contributed by atoms with Gasteiger partial charge in [0.05, 0.1) is 11.6 Å². The van der Waals surface area contributed by atoms with Gasteiger partial charge >= 0.3 is 5.69 Å². The first kappa shape index (κ1) is 25.5. The number of halogens is 1. The Kier molecular flexibility index (Phi) is 7.64. The summed E-state index contributed by atoms with van der Waals surface area (Å²) in [5.74, 6) is 1.37. The number of aromatic hydroxyl groups is 1. The molecule has 1 saturated heterocycles. The van der Waals surface area contributed by atoms with Gasteiger partial charge in [-0.05, 0) is 80.2 Å². The largest absolute Gasteiger partial charge is 0.508 e. The van der Waals surface area contributed by atoms with Crippen LogP contribution in [0.5, 0.6) is 5.75 Å². The molecule has 0 atom stereocenters. The number of phenols is 1. The maximum atomic E-state index is 14.1. The third-order valence-corrected chi connectivity index (χ3v) is 8.51. The maximum Gasteiger partial charge on any atom is 0.333 e. The summed E-state index contributed by atoms with van der Waals surface area (Å²) < 4.78 is 17.0. The van der Waals surface area contributed by atoms with Crippen LogP contribution in [0.3, 0.4) is 0 Å². The van der Waals surface area contributed by atoms with Crippen molar-refractivity contribution in [2.24, 2.45) is 0 Å². The van der Waals surface area contributed by atoms with Crippen molar-refractivity contribution in [3.05, 3.63) is 68.7 Å². The first-order chi connectivity index (χ1) is 17.9. The number of pyridine rings is 1. The molecule has 8 nitrogen and oxygen atoms in total. The predicted octanol–water partition coefficient (Wildman–Crippen LogP) is 3.70. The number of aromatic nitrogens is 3. The van der Waals surface area contributed by atoms with Crippen LogP contribution in [0.1, 0.15) is 62.6 Å². The fourth-order valence-corrected chi connectivity index (χ4v) is 6.63. The average molecular weight is 527 g/mol. The number of fused-ring (bicyclic) bond motifs is 1. The highest BCUT2D eigenvalue weighted by Gasteiger charge is 2.29. The van der Waals surface area contributed by atoms with E-state index in [1.165, 1.54) is 10.6 Å². The highest BCUT2D eigenvalue weighted by molar-refractivity contribution is 7.99. The van der Waals surface area contributed by atoms with Crippen LogP contribution in [0.2, 0.25) is 0 Å². The standard InChI is InChI=1S/C27H31FN4O4S/c28-18-15-23-25(29-16-18)31(21-10-12-37-13-11-21)27(36)32(26(23)35)20-7-5-19(6-8-20)30-24(34)9-4-17-2-1-3-22(33)14-17/h1-3,14-16,19-21,33H,4-13H2,(H,30,34). The number of hydrogen-bond acceptors (Lipinski definition) is 6. The van der Waals surface area contributed by atoms with E-state index >= 15 is 0 Å². The van der Waals surface area contributed by atoms with E-state index in [1.807, 2.05) is 17.8 Å². The molecule has 1 saturated carbocycles. The van der Waals surface area contributed by atoms with E-state index in [1.54, 1.807) is 22.8 Å². The average Bonchev–Trinajstić information content (AvgIpc) is 2.90. The molecule has 2 N–H and O–H groups in total. The van der Waals surface area contributed by atoms with Gasteiger partial charge in [-0.15, -0.1) is 0 Å². The number of carbonyl (C=O) groups is 1. The van der Waals surface area contributed by atoms with Crippen LogP contribution in [0.25, 0.3) is 11.0 Å². The summed E-state index contributed by atoms with van der Waals surface area (Å²) in [7, 11) is 0. The summed E-state index contributed by atoms with van der Waals surface area (Å²) in [4.78, 5) is 43.7. The van der Waals surface area contributed by atoms with Crippen molar-refractivity contribution < 1.29 is 14.3 Å². The fourth-order valence-electron chi connectivity index (χ4n) is 5.55. The number of nitrogens with one attached hydrogen (secondary N) is 1. The third-order valence-electron chi connectivity index (χ3n) is 7.46. The van der Waals surface area contributed by atoms with Gasteiger partial charge in [-0.1, -0.05) is 12.1 Å². The molecular weight excluding hydrogens is 495 g/mol. The van der Waals surface area contributed by atoms with E-state index < -0.39 is 11.4 Å². The molecule has 2 aromatic heterocycles. The molecule has 5 rings (SSSR count). The minimum Gasteiger partial charge on any atom is -0.508 e. The van der Waals surface area contributed by atoms with Gasteiger partial charge in [-0.2, -0.15) is 11.8 Å². The maximum absolute atomic E-state index is 14.1. The Morgan fingerprint density at radius 2 is 1.78 bits per heavy atom. The van der Waals surface area contributed by atoms with Gasteiger partial charge in [0, 0.05) is 24.5 Å². The molecule has 3 heterocycles. The zero-order valence-electron chi connectivity index (χ0n) is 20.6. The molecule has 1 aromatic carbocycles. The zero-order chi connectivity index (χ0) is 25.9. The van der Waals surface area contributed by atoms with Crippen molar-refractivity contribution >= 4 is 28.7 Å². The van der Waals surface area contributed by atoms with Gasteiger partial charge < -0.3 is 10.4 Å². The van der Waals surface area contributed by atoms with Crippen LogP contribution in [-0.2, 0) is 11.2 Å². The van der Waals surface area contributed by atoms with Gasteiger partial charge in [-0.3, -0.25) is 18.7 Å². The minimum atomic E-state index is -0.599. The first-order valence-corrected chi connectivity index (χ1v) is 14.0. The van der Waals surface area contributed by atoms with E-state index in [-0.39, 0.29) is 46.5 Å². The quantitative estimate of drug-likeness (QED) is 0.507. The number of rotatable bonds is 6. The molecule has 0 bridgehead atoms. The van der Waals surface area contributed by atoms with Crippen molar-refractivity contribution in [2.75, 3.05) is 11.5 Å². The number of phenolic OH excluding ortho intramolecular Hbond substituents is 1. The fraction of sp³-hybridized carbons (Fsp3) is 0.481. The van der Waals surface area contributed by atoms with Crippen LogP contribution in [-0.4, -0.2) is 42.7 Å². The van der Waals surface area contributed by atoms with Gasteiger partial charge in [0.15, 0.2) is 0 Å². The predicted molar refractivity (Wildman–Crippen MR) is 142 cm³/mol. The molecule has 2 fully saturated rings. The normalized spacial score (nSPS) is 20.7. The van der Waals surface area contributed by atoms with Gasteiger partial charge in [0.2, 0.25) is 5.91 Å². The smallest absolute Gasteiger partial charge is 0.333 e. The number of aryl methyl sites for hydroxylation is 1. The van der Waals surface area contributed by atoms with E-state index in [9.17, 15) is 23.9 Å². The summed E-state index contributed by atoms with van der Waals surface area (Å²) in [6.07, 6.45) is 5.96. The summed E-state index contributed by atoms with van der Waals surface area (Å²) in [6.45, 7) is 0. The Morgan fingerprint density at radius 1 is 1.05 bits per heavy atom. The lowest BCUT2D eigenvalue weighted by molar-refractivity contribution is -0.122. The van der Waals surface area contributed by atoms with Crippen LogP contribution in [0.15, 0.2) is 46.1 Å². The second-order valence-electron chi connectivity index (χ2n) is 9.94. The SMILES string of the molecule is O=C(CCc1cccc(O)c1)NC1CCC(n2c(=O)c3cc(F)cnc3n(C3CCSCC3)c2=O)CC1. The Labute approximate surface area is 217 Å². The Hall–Kier alpha value is -3.14. The van der Waals surface area contributed by atoms with E-state index in [2.05, 4.69) is 10.3 Å². The Morgan fingerprint density at radius 3 is 2.51 bits per heavy atom. The van der Waals surface area contributed by atoms with Crippen LogP contribution in [0, 0.1) is 5.82 Å². The third kappa shape index (κ3) is 5.58. The topological polar surface area (TPSA) is 106 Å². The Balaban J connectivity index is 1.31. The molecule has 0 unspecified atom stereocenters. The number of hydrogen-bond donors (Lipinski definition) is 2. The molecular formula is C27H31FN4O4S. The summed E-state index contributed by atoms with van der Waals surface area (Å²) in [6, 6.07) is 7.66. The minimum absolute atomic E-state index is 0.0270. The first-order valence-electron chi connectivity index (χ1n) is 12.9. The molecule has 1 amide bonds. The van der Waals surface area contributed by atoms with Gasteiger partial charge in [0.1, 0.15) is 17.2 Å². The van der Waals surface area contributed by atoms with E-state index in [4.69, 9.17) is 0 Å². The summed E-state index contributed by atoms with van der Waals surface area (Å²) in [5.41, 5.74) is 0.296. The lowest BCUT2D eigenvalue weighted by Crippen LogP contribution is -2.46. The van der Waals surface area contributed by atoms with Crippen molar-refractivity contribution in [1.82, 2.24) is 19.4 Å². The lowest BCUT2D eigenvalue weighted by atomic mass is 9.90. The van der Waals surface area contributed by atoms with E-state index in [0.717, 1.165) is 36.1 Å². The van der Waals surface area contributed by atoms with Gasteiger partial charge in [0.25, 0.3) is 5.56 Å². The monoisotopic (exact) mass is 526 g/mol. The number of nitrogens with zero attached hydrogens (tertiary/aromatic N) is 3. The molecule has 0 radical (unpaired) electrons. The molecule has 1 aliphatic carbocycles. The van der Waals surface area contributed by atoms with Crippen molar-refractivity contribution in [1.29, 1.82) is 0 Å². The molecule has 196 valence electrons. The van der Waals surface area contributed by atoms with Crippen LogP contribution >= 0.6 is 11.8 Å². The number of amides is 1. The van der Waals surface area contributed by atoms with Crippen molar-refractivity contribution in [2.45, 2.75) is 69.5 Å². The van der Waals surface area contributed by atoms with Crippen LogP contribution in [0.4, 0.5) is 4.39 Å². The zero-order valence-corrected chi connectivity index (χ0v) is 21.4. The molecule has 1 aliphatic heterocycles. The second kappa shape index (κ2) is 11.1. The Bertz CT molecular complexity index is 1410. The molecule has 10 heteroatoms. The van der Waals surface area contributed by atoms with Crippen molar-refractivity contribution in [3.8, 4) is 5.75 Å². The summed E-state index contributed by atoms with van der Waals surface area (Å²) >= 11 is 1.84. The molecule has 2 aliphatic rings. The number of thioether (sulfide) groups is 1. The highest BCUT2D eigenvalue weighted by Crippen LogP contribution is 2.30. The van der Waals surface area contributed by atoms with Crippen LogP contribution < -0.4 is 16.6 Å². The summed E-state index contributed by atoms with van der Waals surface area (Å²) in [5, 5.41) is 12.8. The van der Waals surface area contributed by atoms with E-state index in [0.29, 0.717) is 38.5 Å². The molecule has 37 heavy (non-hydrogen) atoms. The van der Waals surface area contributed by atoms with Crippen molar-refractivity contribution in [3.63, 3.8) is 0 Å².